The molecule has 9 nitrogen and oxygen atoms in total. The van der Waals surface area contributed by atoms with Crippen LogP contribution in [0.2, 0.25) is 5.02 Å². The van der Waals surface area contributed by atoms with Crippen LogP contribution in [0.5, 0.6) is 5.88 Å². The lowest BCUT2D eigenvalue weighted by Gasteiger charge is -2.11. The Bertz CT molecular complexity index is 808. The number of amides is 2. The molecule has 0 aliphatic heterocycles. The maximum Gasteiger partial charge on any atom is 0.325 e. The predicted molar refractivity (Wildman–Crippen MR) is 95.4 cm³/mol. The van der Waals surface area contributed by atoms with E-state index in [0.717, 1.165) is 6.54 Å². The second kappa shape index (κ2) is 8.45. The van der Waals surface area contributed by atoms with Crippen molar-refractivity contribution >= 4 is 29.1 Å². The first-order chi connectivity index (χ1) is 11.8. The number of ether oxygens (including phenoxy) is 1. The van der Waals surface area contributed by atoms with Crippen molar-refractivity contribution in [3.8, 4) is 5.88 Å². The molecule has 0 radical (unpaired) electrons. The van der Waals surface area contributed by atoms with Crippen LogP contribution in [0.15, 0.2) is 29.5 Å². The highest BCUT2D eigenvalue weighted by Crippen LogP contribution is 2.12. The first kappa shape index (κ1) is 18.7. The number of carbonyl (C=O) groups is 1. The lowest BCUT2D eigenvalue weighted by Crippen LogP contribution is -2.27. The van der Waals surface area contributed by atoms with Gasteiger partial charge in [0.2, 0.25) is 5.88 Å². The van der Waals surface area contributed by atoms with Gasteiger partial charge in [-0.3, -0.25) is 15.1 Å². The highest BCUT2D eigenvalue weighted by molar-refractivity contribution is 6.30. The largest absolute Gasteiger partial charge is 0.475 e. The second-order valence-electron chi connectivity index (χ2n) is 5.46. The molecule has 0 aliphatic rings. The van der Waals surface area contributed by atoms with E-state index >= 15 is 0 Å². The van der Waals surface area contributed by atoms with Crippen LogP contribution in [0.25, 0.3) is 0 Å². The number of anilines is 2. The number of aromatic nitrogens is 3. The molecule has 0 bridgehead atoms. The van der Waals surface area contributed by atoms with Crippen molar-refractivity contribution in [2.24, 2.45) is 7.05 Å². The highest BCUT2D eigenvalue weighted by atomic mass is 35.5. The number of pyridine rings is 1. The van der Waals surface area contributed by atoms with Gasteiger partial charge in [-0.1, -0.05) is 11.6 Å². The fourth-order valence-corrected chi connectivity index (χ4v) is 2.10. The van der Waals surface area contributed by atoms with Gasteiger partial charge >= 0.3 is 6.03 Å². The number of aryl methyl sites for hydroxylation is 1. The van der Waals surface area contributed by atoms with Gasteiger partial charge in [0.25, 0.3) is 5.56 Å². The maximum atomic E-state index is 12.0. The Kier molecular flexibility index (Phi) is 6.31. The van der Waals surface area contributed by atoms with Crippen molar-refractivity contribution in [1.82, 2.24) is 19.4 Å². The first-order valence-corrected chi connectivity index (χ1v) is 7.76. The van der Waals surface area contributed by atoms with Crippen molar-refractivity contribution in [2.45, 2.75) is 0 Å². The number of urea groups is 1. The van der Waals surface area contributed by atoms with Crippen molar-refractivity contribution in [1.29, 1.82) is 0 Å². The Morgan fingerprint density at radius 1 is 1.36 bits per heavy atom. The zero-order valence-electron chi connectivity index (χ0n) is 14.1. The molecule has 0 spiro atoms. The minimum atomic E-state index is -0.640. The van der Waals surface area contributed by atoms with E-state index in [2.05, 4.69) is 20.6 Å². The summed E-state index contributed by atoms with van der Waals surface area (Å²) in [6, 6.07) is 0.731. The topological polar surface area (TPSA) is 101 Å². The summed E-state index contributed by atoms with van der Waals surface area (Å²) in [4.78, 5) is 34.0. The molecular formula is C15H19ClN6O3. The molecule has 0 atom stereocenters. The molecule has 0 saturated heterocycles. The normalized spacial score (nSPS) is 10.6. The van der Waals surface area contributed by atoms with Crippen LogP contribution in [-0.4, -0.2) is 52.7 Å². The average Bonchev–Trinajstić information content (AvgIpc) is 2.52. The van der Waals surface area contributed by atoms with Crippen LogP contribution in [0.4, 0.5) is 16.3 Å². The lowest BCUT2D eigenvalue weighted by atomic mass is 10.4. The molecule has 2 N–H and O–H groups in total. The van der Waals surface area contributed by atoms with Gasteiger partial charge in [0.1, 0.15) is 12.3 Å². The summed E-state index contributed by atoms with van der Waals surface area (Å²) in [5.74, 6) is 0.483. The highest BCUT2D eigenvalue weighted by Gasteiger charge is 2.10. The summed E-state index contributed by atoms with van der Waals surface area (Å²) >= 11 is 5.88. The number of nitrogens with one attached hydrogen (secondary N) is 2. The Balaban J connectivity index is 2.00. The summed E-state index contributed by atoms with van der Waals surface area (Å²) in [6.45, 7) is 1.16. The SMILES string of the molecule is CN(C)CCOc1cncc(NC(=O)Nc2cc(Cl)cn(C)c2=O)n1. The van der Waals surface area contributed by atoms with Crippen LogP contribution in [0.1, 0.15) is 0 Å². The molecule has 0 aromatic carbocycles. The van der Waals surface area contributed by atoms with Crippen LogP contribution in [0, 0.1) is 0 Å². The fraction of sp³-hybridized carbons (Fsp3) is 0.333. The third-order valence-corrected chi connectivity index (χ3v) is 3.25. The van der Waals surface area contributed by atoms with Crippen molar-refractivity contribution < 1.29 is 9.53 Å². The summed E-state index contributed by atoms with van der Waals surface area (Å²) in [5, 5.41) is 5.25. The van der Waals surface area contributed by atoms with Gasteiger partial charge in [-0.25, -0.2) is 4.79 Å². The zero-order valence-corrected chi connectivity index (χ0v) is 14.9. The molecule has 0 fully saturated rings. The number of halogens is 1. The predicted octanol–water partition coefficient (Wildman–Crippen LogP) is 1.41. The standard InChI is InChI=1S/C15H19ClN6O3/c1-21(2)4-5-25-13-8-17-7-12(19-13)20-15(24)18-11-6-10(16)9-22(3)14(11)23/h6-9H,4-5H2,1-3H3,(H2,18,19,20,24). The quantitative estimate of drug-likeness (QED) is 0.801. The number of nitrogens with zero attached hydrogens (tertiary/aromatic N) is 4. The van der Waals surface area contributed by atoms with E-state index in [1.165, 1.54) is 36.3 Å². The molecule has 0 unspecified atom stereocenters. The monoisotopic (exact) mass is 366 g/mol. The molecule has 0 saturated carbocycles. The maximum absolute atomic E-state index is 12.0. The van der Waals surface area contributed by atoms with Gasteiger partial charge in [-0.15, -0.1) is 0 Å². The van der Waals surface area contributed by atoms with E-state index in [0.29, 0.717) is 17.5 Å². The molecule has 2 aromatic rings. The molecule has 2 rings (SSSR count). The summed E-state index contributed by atoms with van der Waals surface area (Å²) < 4.78 is 6.72. The third kappa shape index (κ3) is 5.73. The van der Waals surface area contributed by atoms with Gasteiger partial charge in [0.05, 0.1) is 17.4 Å². The Labute approximate surface area is 149 Å². The van der Waals surface area contributed by atoms with Crippen LogP contribution < -0.4 is 20.9 Å². The van der Waals surface area contributed by atoms with Crippen molar-refractivity contribution in [3.05, 3.63) is 40.0 Å². The fourth-order valence-electron chi connectivity index (χ4n) is 1.84. The minimum absolute atomic E-state index is 0.0545. The van der Waals surface area contributed by atoms with Crippen molar-refractivity contribution in [2.75, 3.05) is 37.9 Å². The van der Waals surface area contributed by atoms with E-state index in [9.17, 15) is 9.59 Å². The number of hydrogen-bond acceptors (Lipinski definition) is 6. The molecule has 25 heavy (non-hydrogen) atoms. The Hall–Kier alpha value is -2.65. The molecular weight excluding hydrogens is 348 g/mol. The second-order valence-corrected chi connectivity index (χ2v) is 5.90. The third-order valence-electron chi connectivity index (χ3n) is 3.04. The van der Waals surface area contributed by atoms with Gasteiger partial charge in [0.15, 0.2) is 5.82 Å². The smallest absolute Gasteiger partial charge is 0.325 e. The average molecular weight is 367 g/mol. The van der Waals surface area contributed by atoms with Crippen molar-refractivity contribution in [3.63, 3.8) is 0 Å². The summed E-state index contributed by atoms with van der Waals surface area (Å²) in [6.07, 6.45) is 4.27. The molecule has 10 heteroatoms. The first-order valence-electron chi connectivity index (χ1n) is 7.39. The zero-order chi connectivity index (χ0) is 18.4. The Morgan fingerprint density at radius 2 is 2.12 bits per heavy atom. The van der Waals surface area contributed by atoms with Gasteiger partial charge in [-0.05, 0) is 20.2 Å². The van der Waals surface area contributed by atoms with Gasteiger partial charge < -0.3 is 19.5 Å². The summed E-state index contributed by atoms with van der Waals surface area (Å²) in [7, 11) is 5.40. The van der Waals surface area contributed by atoms with E-state index < -0.39 is 6.03 Å². The number of carbonyl (C=O) groups excluding carboxylic acids is 1. The number of hydrogen-bond donors (Lipinski definition) is 2. The van der Waals surface area contributed by atoms with Crippen LogP contribution in [0.3, 0.4) is 0 Å². The molecule has 2 heterocycles. The van der Waals surface area contributed by atoms with E-state index in [-0.39, 0.29) is 17.1 Å². The van der Waals surface area contributed by atoms with E-state index in [1.54, 1.807) is 0 Å². The van der Waals surface area contributed by atoms with Crippen LogP contribution >= 0.6 is 11.6 Å². The minimum Gasteiger partial charge on any atom is -0.475 e. The molecule has 134 valence electrons. The lowest BCUT2D eigenvalue weighted by molar-refractivity contribution is 0.253. The van der Waals surface area contributed by atoms with E-state index in [4.69, 9.17) is 16.3 Å². The molecule has 2 amide bonds. The molecule has 0 aliphatic carbocycles. The molecule has 2 aromatic heterocycles. The number of likely N-dealkylation sites (N-methyl/N-ethyl adjacent to an activating group) is 1. The van der Waals surface area contributed by atoms with Gasteiger partial charge in [0, 0.05) is 19.8 Å². The van der Waals surface area contributed by atoms with Crippen LogP contribution in [-0.2, 0) is 7.05 Å². The van der Waals surface area contributed by atoms with E-state index in [1.807, 2.05) is 19.0 Å². The number of rotatable bonds is 6. The summed E-state index contributed by atoms with van der Waals surface area (Å²) in [5.41, 5.74) is -0.328. The Morgan fingerprint density at radius 3 is 2.84 bits per heavy atom. The van der Waals surface area contributed by atoms with Gasteiger partial charge in [-0.2, -0.15) is 4.98 Å².